The molecule has 11 heteroatoms. The van der Waals surface area contributed by atoms with Crippen LogP contribution in [0.15, 0.2) is 72.8 Å². The summed E-state index contributed by atoms with van der Waals surface area (Å²) in [7, 11) is 0. The van der Waals surface area contributed by atoms with Crippen LogP contribution in [0, 0.1) is 12.7 Å². The van der Waals surface area contributed by atoms with E-state index in [1.54, 1.807) is 30.3 Å². The number of hydrogen-bond donors (Lipinski definition) is 4. The molecule has 3 aromatic carbocycles. The van der Waals surface area contributed by atoms with Gasteiger partial charge in [-0.05, 0) is 60.7 Å². The molecular formula is C32H36FN5O5. The minimum Gasteiger partial charge on any atom is -0.481 e. The predicted octanol–water partition coefficient (Wildman–Crippen LogP) is 5.69. The average molecular weight is 590 g/mol. The number of aliphatic carboxylic acids is 1. The van der Waals surface area contributed by atoms with E-state index in [-0.39, 0.29) is 18.8 Å². The van der Waals surface area contributed by atoms with E-state index in [1.165, 1.54) is 28.0 Å². The van der Waals surface area contributed by atoms with Crippen LogP contribution >= 0.6 is 0 Å². The Kier molecular flexibility index (Phi) is 9.97. The molecule has 2 unspecified atom stereocenters. The van der Waals surface area contributed by atoms with Gasteiger partial charge in [0.05, 0.1) is 12.5 Å². The molecule has 10 nitrogen and oxygen atoms in total. The lowest BCUT2D eigenvalue weighted by molar-refractivity contribution is -0.138. The predicted molar refractivity (Wildman–Crippen MR) is 161 cm³/mol. The lowest BCUT2D eigenvalue weighted by Gasteiger charge is -2.42. The molecule has 4 N–H and O–H groups in total. The van der Waals surface area contributed by atoms with Crippen molar-refractivity contribution in [2.45, 2.75) is 51.7 Å². The normalized spacial score (nSPS) is 15.5. The van der Waals surface area contributed by atoms with E-state index in [9.17, 15) is 28.7 Å². The Balaban J connectivity index is 1.64. The van der Waals surface area contributed by atoms with Gasteiger partial charge in [-0.25, -0.2) is 14.0 Å². The molecule has 1 fully saturated rings. The van der Waals surface area contributed by atoms with Gasteiger partial charge in [0.25, 0.3) is 5.91 Å². The van der Waals surface area contributed by atoms with Crippen LogP contribution < -0.4 is 16.0 Å². The first-order chi connectivity index (χ1) is 20.5. The minimum absolute atomic E-state index is 0.125. The maximum absolute atomic E-state index is 13.9. The van der Waals surface area contributed by atoms with Crippen molar-refractivity contribution in [2.24, 2.45) is 0 Å². The van der Waals surface area contributed by atoms with E-state index in [0.29, 0.717) is 23.6 Å². The van der Waals surface area contributed by atoms with Crippen LogP contribution in [0.1, 0.15) is 55.3 Å². The molecule has 226 valence electrons. The summed E-state index contributed by atoms with van der Waals surface area (Å²) in [6.45, 7) is 6.25. The molecule has 3 aromatic rings. The number of nitrogens with one attached hydrogen (secondary N) is 3. The molecule has 43 heavy (non-hydrogen) atoms. The third-order valence-corrected chi connectivity index (χ3v) is 7.19. The number of hydrogen-bond acceptors (Lipinski definition) is 4. The summed E-state index contributed by atoms with van der Waals surface area (Å²) in [5.41, 5.74) is 3.23. The number of aryl methyl sites for hydroxylation is 1. The van der Waals surface area contributed by atoms with Crippen molar-refractivity contribution in [3.05, 3.63) is 95.3 Å². The summed E-state index contributed by atoms with van der Waals surface area (Å²) >= 11 is 0. The lowest BCUT2D eigenvalue weighted by Crippen LogP contribution is -2.65. The fourth-order valence-electron chi connectivity index (χ4n) is 5.00. The van der Waals surface area contributed by atoms with Gasteiger partial charge in [0.1, 0.15) is 5.82 Å². The van der Waals surface area contributed by atoms with E-state index in [1.807, 2.05) is 25.1 Å². The van der Waals surface area contributed by atoms with Crippen molar-refractivity contribution >= 4 is 35.3 Å². The van der Waals surface area contributed by atoms with Gasteiger partial charge in [-0.2, -0.15) is 0 Å². The van der Waals surface area contributed by atoms with E-state index < -0.39 is 48.4 Å². The molecule has 0 aromatic heterocycles. The largest absolute Gasteiger partial charge is 0.481 e. The molecule has 4 rings (SSSR count). The van der Waals surface area contributed by atoms with Gasteiger partial charge in [0, 0.05) is 24.5 Å². The van der Waals surface area contributed by atoms with E-state index >= 15 is 0 Å². The number of rotatable bonds is 8. The number of carboxylic acid groups (broad SMARTS) is 1. The standard InChI is InChI=1S/C32H36FN5O5/c1-20(2)22-11-13-25(14-12-22)34-31(42)37-15-6-16-38(32(43)35-26-10-5-9-24(33)18-26)30(37)29(41)36-27(19-28(39)40)23-8-4-7-21(3)17-23/h4-5,7-14,17-18,20,27,30H,6,15-16,19H2,1-3H3,(H,34,42)(H,35,43)(H,36,41)(H,39,40). The fraction of sp³-hybridized carbons (Fsp3) is 0.312. The van der Waals surface area contributed by atoms with Crippen LogP contribution in [0.25, 0.3) is 0 Å². The third kappa shape index (κ3) is 8.09. The topological polar surface area (TPSA) is 131 Å². The molecule has 1 aliphatic rings. The lowest BCUT2D eigenvalue weighted by atomic mass is 10.0. The van der Waals surface area contributed by atoms with Crippen LogP contribution in [-0.2, 0) is 9.59 Å². The van der Waals surface area contributed by atoms with Crippen molar-refractivity contribution in [3.63, 3.8) is 0 Å². The molecule has 0 spiro atoms. The van der Waals surface area contributed by atoms with Gasteiger partial charge in [-0.1, -0.05) is 61.9 Å². The van der Waals surface area contributed by atoms with Crippen molar-refractivity contribution < 1.29 is 28.7 Å². The van der Waals surface area contributed by atoms with Crippen LogP contribution in [0.3, 0.4) is 0 Å². The highest BCUT2D eigenvalue weighted by Crippen LogP contribution is 2.24. The van der Waals surface area contributed by atoms with Gasteiger partial charge in [-0.3, -0.25) is 19.4 Å². The zero-order valence-electron chi connectivity index (χ0n) is 24.3. The Labute approximate surface area is 249 Å². The number of carbonyl (C=O) groups is 4. The number of amides is 5. The fourth-order valence-corrected chi connectivity index (χ4v) is 5.00. The highest BCUT2D eigenvalue weighted by Gasteiger charge is 2.41. The number of carboxylic acids is 1. The van der Waals surface area contributed by atoms with Crippen molar-refractivity contribution in [2.75, 3.05) is 23.7 Å². The molecule has 1 saturated heterocycles. The molecule has 0 radical (unpaired) electrons. The number of anilines is 2. The highest BCUT2D eigenvalue weighted by molar-refractivity contribution is 5.98. The van der Waals surface area contributed by atoms with E-state index in [0.717, 1.165) is 17.2 Å². The monoisotopic (exact) mass is 589 g/mol. The van der Waals surface area contributed by atoms with Crippen LogP contribution in [-0.4, -0.2) is 58.1 Å². The molecule has 1 heterocycles. The highest BCUT2D eigenvalue weighted by atomic mass is 19.1. The smallest absolute Gasteiger partial charge is 0.323 e. The first-order valence-electron chi connectivity index (χ1n) is 14.1. The Morgan fingerprint density at radius 1 is 0.860 bits per heavy atom. The van der Waals surface area contributed by atoms with Crippen molar-refractivity contribution in [1.29, 1.82) is 0 Å². The second kappa shape index (κ2) is 13.8. The molecule has 0 aliphatic carbocycles. The number of carbonyl (C=O) groups excluding carboxylic acids is 3. The first-order valence-corrected chi connectivity index (χ1v) is 14.1. The van der Waals surface area contributed by atoms with Gasteiger partial charge in [-0.15, -0.1) is 0 Å². The van der Waals surface area contributed by atoms with Gasteiger partial charge >= 0.3 is 18.0 Å². The zero-order valence-corrected chi connectivity index (χ0v) is 24.3. The summed E-state index contributed by atoms with van der Waals surface area (Å²) in [5.74, 6) is -2.11. The third-order valence-electron chi connectivity index (χ3n) is 7.19. The average Bonchev–Trinajstić information content (AvgIpc) is 2.96. The molecule has 0 bridgehead atoms. The quantitative estimate of drug-likeness (QED) is 0.268. The maximum Gasteiger partial charge on any atom is 0.323 e. The van der Waals surface area contributed by atoms with E-state index in [4.69, 9.17) is 0 Å². The van der Waals surface area contributed by atoms with Crippen molar-refractivity contribution in [1.82, 2.24) is 15.1 Å². The van der Waals surface area contributed by atoms with Gasteiger partial charge in [0.2, 0.25) is 0 Å². The van der Waals surface area contributed by atoms with Crippen LogP contribution in [0.4, 0.5) is 25.4 Å². The Hall–Kier alpha value is -4.93. The minimum atomic E-state index is -1.42. The summed E-state index contributed by atoms with van der Waals surface area (Å²) in [5, 5.41) is 17.8. The van der Waals surface area contributed by atoms with E-state index in [2.05, 4.69) is 29.8 Å². The molecule has 1 aliphatic heterocycles. The van der Waals surface area contributed by atoms with Crippen LogP contribution in [0.5, 0.6) is 0 Å². The van der Waals surface area contributed by atoms with Gasteiger partial charge < -0.3 is 21.1 Å². The summed E-state index contributed by atoms with van der Waals surface area (Å²) in [6.07, 6.45) is -1.46. The zero-order chi connectivity index (χ0) is 31.1. The molecular weight excluding hydrogens is 553 g/mol. The Morgan fingerprint density at radius 3 is 2.07 bits per heavy atom. The number of benzene rings is 3. The second-order valence-electron chi connectivity index (χ2n) is 10.8. The molecule has 0 saturated carbocycles. The molecule has 2 atom stereocenters. The molecule has 5 amide bonds. The number of urea groups is 2. The first kappa shape index (κ1) is 31.0. The van der Waals surface area contributed by atoms with Gasteiger partial charge in [0.15, 0.2) is 6.17 Å². The Morgan fingerprint density at radius 2 is 1.49 bits per heavy atom. The SMILES string of the molecule is Cc1cccc(C(CC(=O)O)NC(=O)C2N(C(=O)Nc3ccc(C(C)C)cc3)CCCN2C(=O)Nc2cccc(F)c2)c1. The summed E-state index contributed by atoms with van der Waals surface area (Å²) < 4.78 is 13.8. The maximum atomic E-state index is 13.9. The summed E-state index contributed by atoms with van der Waals surface area (Å²) in [4.78, 5) is 55.2. The van der Waals surface area contributed by atoms with Crippen molar-refractivity contribution in [3.8, 4) is 0 Å². The number of nitrogens with zero attached hydrogens (tertiary/aromatic N) is 2. The van der Waals surface area contributed by atoms with Crippen LogP contribution in [0.2, 0.25) is 0 Å². The second-order valence-corrected chi connectivity index (χ2v) is 10.8. The Bertz CT molecular complexity index is 1480. The number of halogens is 1. The summed E-state index contributed by atoms with van der Waals surface area (Å²) in [6, 6.07) is 17.5.